The van der Waals surface area contributed by atoms with Crippen molar-refractivity contribution in [3.63, 3.8) is 0 Å². The molecule has 78 valence electrons. The molecule has 5 heteroatoms. The Morgan fingerprint density at radius 3 is 2.73 bits per heavy atom. The van der Waals surface area contributed by atoms with E-state index in [9.17, 15) is 13.6 Å². The lowest BCUT2D eigenvalue weighted by Crippen LogP contribution is -1.94. The number of fused-ring (bicyclic) bond motifs is 1. The van der Waals surface area contributed by atoms with Crippen LogP contribution in [0.15, 0.2) is 24.4 Å². The van der Waals surface area contributed by atoms with E-state index in [0.717, 1.165) is 0 Å². The lowest BCUT2D eigenvalue weighted by molar-refractivity contribution is 0.0699. The highest BCUT2D eigenvalue weighted by molar-refractivity contribution is 6.03. The van der Waals surface area contributed by atoms with Crippen molar-refractivity contribution in [1.29, 1.82) is 0 Å². The van der Waals surface area contributed by atoms with Crippen LogP contribution >= 0.6 is 0 Å². The van der Waals surface area contributed by atoms with Gasteiger partial charge in [0.25, 0.3) is 6.43 Å². The first kappa shape index (κ1) is 9.64. The molecule has 0 unspecified atom stereocenters. The number of carboxylic acids is 1. The summed E-state index contributed by atoms with van der Waals surface area (Å²) in [5.74, 6) is -1.13. The van der Waals surface area contributed by atoms with E-state index >= 15 is 0 Å². The predicted octanol–water partition coefficient (Wildman–Crippen LogP) is 2.80. The fourth-order valence-corrected chi connectivity index (χ4v) is 1.45. The summed E-state index contributed by atoms with van der Waals surface area (Å²) in [6, 6.07) is 3.92. The van der Waals surface area contributed by atoms with Gasteiger partial charge in [-0.3, -0.25) is 0 Å². The van der Waals surface area contributed by atoms with Crippen LogP contribution in [0, 0.1) is 0 Å². The zero-order valence-electron chi connectivity index (χ0n) is 7.50. The number of carbonyl (C=O) groups is 1. The van der Waals surface area contributed by atoms with Crippen LogP contribution in [0.1, 0.15) is 22.3 Å². The fourth-order valence-electron chi connectivity index (χ4n) is 1.45. The Hall–Kier alpha value is -1.91. The van der Waals surface area contributed by atoms with Crippen molar-refractivity contribution in [2.75, 3.05) is 0 Å². The molecule has 1 aromatic carbocycles. The maximum absolute atomic E-state index is 12.4. The number of aromatic nitrogens is 1. The first-order valence-electron chi connectivity index (χ1n) is 4.22. The number of benzene rings is 1. The van der Waals surface area contributed by atoms with Gasteiger partial charge in [-0.2, -0.15) is 0 Å². The Kier molecular flexibility index (Phi) is 2.15. The summed E-state index contributed by atoms with van der Waals surface area (Å²) < 4.78 is 24.8. The summed E-state index contributed by atoms with van der Waals surface area (Å²) >= 11 is 0. The lowest BCUT2D eigenvalue weighted by Gasteiger charge is -1.99. The van der Waals surface area contributed by atoms with Gasteiger partial charge in [-0.15, -0.1) is 0 Å². The van der Waals surface area contributed by atoms with Crippen LogP contribution in [0.3, 0.4) is 0 Å². The highest BCUT2D eigenvalue weighted by Crippen LogP contribution is 2.25. The van der Waals surface area contributed by atoms with E-state index in [4.69, 9.17) is 5.11 Å². The molecule has 0 amide bonds. The van der Waals surface area contributed by atoms with Gasteiger partial charge in [0.1, 0.15) is 0 Å². The summed E-state index contributed by atoms with van der Waals surface area (Å²) in [6.07, 6.45) is -1.30. The molecule has 0 aliphatic heterocycles. The van der Waals surface area contributed by atoms with Crippen molar-refractivity contribution in [3.05, 3.63) is 35.5 Å². The topological polar surface area (TPSA) is 53.1 Å². The molecule has 0 radical (unpaired) electrons. The summed E-state index contributed by atoms with van der Waals surface area (Å²) in [6.45, 7) is 0. The molecule has 2 rings (SSSR count). The molecule has 0 bridgehead atoms. The second kappa shape index (κ2) is 3.34. The highest BCUT2D eigenvalue weighted by atomic mass is 19.3. The molecule has 0 saturated heterocycles. The van der Waals surface area contributed by atoms with Crippen molar-refractivity contribution < 1.29 is 18.7 Å². The number of rotatable bonds is 2. The largest absolute Gasteiger partial charge is 0.478 e. The maximum Gasteiger partial charge on any atom is 0.337 e. The van der Waals surface area contributed by atoms with Crippen molar-refractivity contribution in [1.82, 2.24) is 4.98 Å². The number of nitrogens with one attached hydrogen (secondary N) is 1. The van der Waals surface area contributed by atoms with Gasteiger partial charge < -0.3 is 10.1 Å². The van der Waals surface area contributed by atoms with Gasteiger partial charge in [-0.1, -0.05) is 6.07 Å². The van der Waals surface area contributed by atoms with Crippen molar-refractivity contribution in [2.45, 2.75) is 6.43 Å². The van der Waals surface area contributed by atoms with E-state index in [1.54, 1.807) is 0 Å². The minimum atomic E-state index is -2.59. The number of hydrogen-bond acceptors (Lipinski definition) is 1. The Balaban J connectivity index is 2.66. The second-order valence-corrected chi connectivity index (χ2v) is 3.11. The van der Waals surface area contributed by atoms with Crippen molar-refractivity contribution in [2.24, 2.45) is 0 Å². The van der Waals surface area contributed by atoms with Crippen LogP contribution in [-0.4, -0.2) is 16.1 Å². The van der Waals surface area contributed by atoms with Crippen LogP contribution in [-0.2, 0) is 0 Å². The molecule has 2 N–H and O–H groups in total. The Labute approximate surface area is 83.3 Å². The average Bonchev–Trinajstić information content (AvgIpc) is 2.59. The third kappa shape index (κ3) is 1.56. The van der Waals surface area contributed by atoms with Gasteiger partial charge in [0.2, 0.25) is 0 Å². The SMILES string of the molecule is O=C(O)c1c[nH]c2ccc(C(F)F)cc12. The van der Waals surface area contributed by atoms with E-state index in [1.165, 1.54) is 24.4 Å². The van der Waals surface area contributed by atoms with Crippen molar-refractivity contribution in [3.8, 4) is 0 Å². The van der Waals surface area contributed by atoms with Crippen LogP contribution in [0.5, 0.6) is 0 Å². The predicted molar refractivity (Wildman–Crippen MR) is 50.2 cm³/mol. The first-order valence-corrected chi connectivity index (χ1v) is 4.22. The van der Waals surface area contributed by atoms with Crippen LogP contribution < -0.4 is 0 Å². The Morgan fingerprint density at radius 1 is 1.40 bits per heavy atom. The molecule has 0 atom stereocenters. The molecule has 0 fully saturated rings. The van der Waals surface area contributed by atoms with E-state index in [2.05, 4.69) is 4.98 Å². The fraction of sp³-hybridized carbons (Fsp3) is 0.100. The quantitative estimate of drug-likeness (QED) is 0.802. The molecule has 3 nitrogen and oxygen atoms in total. The number of H-pyrrole nitrogens is 1. The number of halogens is 2. The minimum Gasteiger partial charge on any atom is -0.478 e. The normalized spacial score (nSPS) is 11.1. The highest BCUT2D eigenvalue weighted by Gasteiger charge is 2.13. The smallest absolute Gasteiger partial charge is 0.337 e. The molecule has 0 aliphatic rings. The molecule has 2 aromatic rings. The zero-order chi connectivity index (χ0) is 11.0. The summed E-state index contributed by atoms with van der Waals surface area (Å²) in [7, 11) is 0. The number of hydrogen-bond donors (Lipinski definition) is 2. The first-order chi connectivity index (χ1) is 7.09. The van der Waals surface area contributed by atoms with Gasteiger partial charge in [0.05, 0.1) is 5.56 Å². The zero-order valence-corrected chi connectivity index (χ0v) is 7.50. The van der Waals surface area contributed by atoms with E-state index < -0.39 is 12.4 Å². The minimum absolute atomic E-state index is 0.00694. The standard InChI is InChI=1S/C10H7F2NO2/c11-9(12)5-1-2-8-6(3-5)7(4-13-8)10(14)15/h1-4,9,13H,(H,14,15). The number of aromatic amines is 1. The van der Waals surface area contributed by atoms with E-state index in [-0.39, 0.29) is 11.1 Å². The molecular weight excluding hydrogens is 204 g/mol. The monoisotopic (exact) mass is 211 g/mol. The number of alkyl halides is 2. The van der Waals surface area contributed by atoms with Crippen molar-refractivity contribution >= 4 is 16.9 Å². The van der Waals surface area contributed by atoms with E-state index in [1.807, 2.05) is 0 Å². The molecule has 15 heavy (non-hydrogen) atoms. The van der Waals surface area contributed by atoms with Gasteiger partial charge in [-0.25, -0.2) is 13.6 Å². The number of aromatic carboxylic acids is 1. The summed E-state index contributed by atoms with van der Waals surface area (Å²) in [5, 5.41) is 9.10. The molecule has 0 spiro atoms. The Morgan fingerprint density at radius 2 is 2.13 bits per heavy atom. The molecule has 1 aromatic heterocycles. The van der Waals surface area contributed by atoms with Crippen LogP contribution in [0.25, 0.3) is 10.9 Å². The number of carboxylic acid groups (broad SMARTS) is 1. The average molecular weight is 211 g/mol. The third-order valence-corrected chi connectivity index (χ3v) is 2.19. The van der Waals surface area contributed by atoms with Gasteiger partial charge >= 0.3 is 5.97 Å². The lowest BCUT2D eigenvalue weighted by atomic mass is 10.1. The second-order valence-electron chi connectivity index (χ2n) is 3.11. The van der Waals surface area contributed by atoms with Gasteiger partial charge in [0.15, 0.2) is 0 Å². The van der Waals surface area contributed by atoms with E-state index in [0.29, 0.717) is 10.9 Å². The molecule has 1 heterocycles. The van der Waals surface area contributed by atoms with Gasteiger partial charge in [-0.05, 0) is 12.1 Å². The summed E-state index contributed by atoms with van der Waals surface area (Å²) in [4.78, 5) is 13.5. The summed E-state index contributed by atoms with van der Waals surface area (Å²) in [5.41, 5.74) is 0.369. The molecular formula is C10H7F2NO2. The molecule has 0 saturated carbocycles. The van der Waals surface area contributed by atoms with Gasteiger partial charge in [0, 0.05) is 22.7 Å². The maximum atomic E-state index is 12.4. The Bertz CT molecular complexity index is 519. The van der Waals surface area contributed by atoms with Crippen LogP contribution in [0.4, 0.5) is 8.78 Å². The third-order valence-electron chi connectivity index (χ3n) is 2.19. The van der Waals surface area contributed by atoms with Crippen LogP contribution in [0.2, 0.25) is 0 Å². The molecule has 0 aliphatic carbocycles.